The van der Waals surface area contributed by atoms with Gasteiger partial charge in [0.1, 0.15) is 5.82 Å². The minimum Gasteiger partial charge on any atom is -0.356 e. The van der Waals surface area contributed by atoms with Crippen molar-refractivity contribution in [1.29, 1.82) is 0 Å². The van der Waals surface area contributed by atoms with Crippen LogP contribution < -0.4 is 5.32 Å². The highest BCUT2D eigenvalue weighted by molar-refractivity contribution is 7.99. The number of rotatable bonds is 10. The van der Waals surface area contributed by atoms with Crippen molar-refractivity contribution >= 4 is 46.7 Å². The summed E-state index contributed by atoms with van der Waals surface area (Å²) < 4.78 is 1.90. The third-order valence-electron chi connectivity index (χ3n) is 6.45. The van der Waals surface area contributed by atoms with Crippen molar-refractivity contribution in [3.05, 3.63) is 69.5 Å². The molecule has 0 bridgehead atoms. The molecule has 1 aromatic heterocycles. The van der Waals surface area contributed by atoms with Crippen molar-refractivity contribution in [2.75, 3.05) is 12.3 Å². The number of hydrogen-bond acceptors (Lipinski definition) is 5. The smallest absolute Gasteiger partial charge is 0.216 e. The number of ketones is 1. The normalized spacial score (nSPS) is 14.1. The maximum atomic E-state index is 13.0. The van der Waals surface area contributed by atoms with E-state index in [0.29, 0.717) is 46.1 Å². The van der Waals surface area contributed by atoms with Crippen LogP contribution >= 0.6 is 35.0 Å². The number of thioether (sulfide) groups is 1. The number of aromatic nitrogens is 3. The summed E-state index contributed by atoms with van der Waals surface area (Å²) in [5.41, 5.74) is 2.82. The zero-order valence-corrected chi connectivity index (χ0v) is 22.6. The molecule has 1 aliphatic carbocycles. The first kappa shape index (κ1) is 26.7. The van der Waals surface area contributed by atoms with E-state index in [0.717, 1.165) is 11.5 Å². The van der Waals surface area contributed by atoms with Gasteiger partial charge < -0.3 is 5.32 Å². The molecule has 0 radical (unpaired) electrons. The van der Waals surface area contributed by atoms with E-state index in [1.807, 2.05) is 22.8 Å². The number of carbonyl (C=O) groups is 2. The van der Waals surface area contributed by atoms with Crippen LogP contribution in [0.15, 0.2) is 47.6 Å². The monoisotopic (exact) mass is 544 g/mol. The van der Waals surface area contributed by atoms with Gasteiger partial charge in [0, 0.05) is 25.5 Å². The van der Waals surface area contributed by atoms with Crippen LogP contribution in [0.4, 0.5) is 0 Å². The molecule has 0 unspecified atom stereocenters. The molecule has 0 aliphatic heterocycles. The van der Waals surface area contributed by atoms with E-state index >= 15 is 0 Å². The Bertz CT molecular complexity index is 1210. The fourth-order valence-corrected chi connectivity index (χ4v) is 5.70. The molecule has 3 aromatic rings. The van der Waals surface area contributed by atoms with Crippen LogP contribution in [0.25, 0.3) is 5.69 Å². The van der Waals surface area contributed by atoms with Crippen LogP contribution in [0, 0.1) is 0 Å². The van der Waals surface area contributed by atoms with Gasteiger partial charge in [-0.25, -0.2) is 0 Å². The van der Waals surface area contributed by atoms with Gasteiger partial charge in [-0.3, -0.25) is 14.2 Å². The number of Topliss-reactive ketones (excluding diaryl/α,β-unsaturated/α-hetero) is 1. The molecule has 4 rings (SSSR count). The molecule has 0 atom stereocenters. The number of nitrogens with zero attached hydrogens (tertiary/aromatic N) is 3. The Kier molecular flexibility index (Phi) is 9.46. The van der Waals surface area contributed by atoms with Gasteiger partial charge in [0.2, 0.25) is 5.91 Å². The minimum absolute atomic E-state index is 0.0473. The highest BCUT2D eigenvalue weighted by Crippen LogP contribution is 2.33. The Morgan fingerprint density at radius 3 is 2.47 bits per heavy atom. The molecule has 0 spiro atoms. The summed E-state index contributed by atoms with van der Waals surface area (Å²) in [5, 5.41) is 13.0. The third-order valence-corrected chi connectivity index (χ3v) is 8.12. The van der Waals surface area contributed by atoms with Crippen molar-refractivity contribution in [3.8, 4) is 5.69 Å². The van der Waals surface area contributed by atoms with Crippen molar-refractivity contribution in [3.63, 3.8) is 0 Å². The molecular weight excluding hydrogens is 515 g/mol. The summed E-state index contributed by atoms with van der Waals surface area (Å²) in [7, 11) is 0. The number of halogens is 2. The zero-order valence-electron chi connectivity index (χ0n) is 20.3. The number of nitrogens with one attached hydrogen (secondary N) is 1. The molecule has 1 saturated carbocycles. The van der Waals surface area contributed by atoms with Crippen molar-refractivity contribution < 1.29 is 9.59 Å². The first-order chi connectivity index (χ1) is 17.4. The third kappa shape index (κ3) is 6.90. The minimum atomic E-state index is -0.0671. The largest absolute Gasteiger partial charge is 0.356 e. The van der Waals surface area contributed by atoms with E-state index in [4.69, 9.17) is 23.2 Å². The maximum Gasteiger partial charge on any atom is 0.216 e. The number of aryl methyl sites for hydroxylation is 1. The lowest BCUT2D eigenvalue weighted by molar-refractivity contribution is -0.118. The molecule has 1 fully saturated rings. The van der Waals surface area contributed by atoms with E-state index in [2.05, 4.69) is 27.6 Å². The lowest BCUT2D eigenvalue weighted by Gasteiger charge is -2.22. The summed E-state index contributed by atoms with van der Waals surface area (Å²) in [6.45, 7) is 2.04. The molecule has 1 amide bonds. The molecule has 1 aliphatic rings. The van der Waals surface area contributed by atoms with E-state index in [1.165, 1.54) is 56.4 Å². The number of benzene rings is 2. The second-order valence-corrected chi connectivity index (χ2v) is 10.8. The van der Waals surface area contributed by atoms with Crippen LogP contribution in [-0.4, -0.2) is 38.8 Å². The fourth-order valence-electron chi connectivity index (χ4n) is 4.54. The molecule has 36 heavy (non-hydrogen) atoms. The Balaban J connectivity index is 1.47. The van der Waals surface area contributed by atoms with Crippen LogP contribution in [0.2, 0.25) is 10.0 Å². The topological polar surface area (TPSA) is 76.9 Å². The highest BCUT2D eigenvalue weighted by Gasteiger charge is 2.19. The molecule has 2 aromatic carbocycles. The summed E-state index contributed by atoms with van der Waals surface area (Å²) in [4.78, 5) is 24.2. The second kappa shape index (κ2) is 12.7. The maximum absolute atomic E-state index is 13.0. The molecule has 1 N–H and O–H groups in total. The Morgan fingerprint density at radius 2 is 1.78 bits per heavy atom. The number of hydrogen-bond donors (Lipinski definition) is 1. The molecule has 9 heteroatoms. The van der Waals surface area contributed by atoms with Crippen LogP contribution in [0.5, 0.6) is 0 Å². The van der Waals surface area contributed by atoms with Gasteiger partial charge in [-0.1, -0.05) is 78.5 Å². The molecule has 190 valence electrons. The van der Waals surface area contributed by atoms with E-state index in [-0.39, 0.29) is 17.4 Å². The summed E-state index contributed by atoms with van der Waals surface area (Å²) in [6, 6.07) is 13.5. The van der Waals surface area contributed by atoms with Crippen LogP contribution in [0.1, 0.15) is 73.1 Å². The van der Waals surface area contributed by atoms with Gasteiger partial charge in [-0.05, 0) is 48.9 Å². The Labute approximate surface area is 226 Å². The lowest BCUT2D eigenvalue weighted by Crippen LogP contribution is -2.21. The first-order valence-electron chi connectivity index (χ1n) is 12.3. The van der Waals surface area contributed by atoms with Crippen molar-refractivity contribution in [1.82, 2.24) is 20.1 Å². The van der Waals surface area contributed by atoms with Crippen molar-refractivity contribution in [2.24, 2.45) is 0 Å². The van der Waals surface area contributed by atoms with Crippen LogP contribution in [0.3, 0.4) is 0 Å². The molecular formula is C27H30Cl2N4O2S. The first-order valence-corrected chi connectivity index (χ1v) is 14.1. The standard InChI is InChI=1S/C27H30Cl2N4O2S/c1-18(34)30-15-5-8-26-31-32-27(33(26)22-13-14-23(28)24(29)16-22)36-17-25(35)21-11-9-20(10-12-21)19-6-3-2-4-7-19/h9-14,16,19H,2-8,15,17H2,1H3,(H,30,34). The highest BCUT2D eigenvalue weighted by atomic mass is 35.5. The Hall–Kier alpha value is -2.35. The van der Waals surface area contributed by atoms with Gasteiger partial charge >= 0.3 is 0 Å². The number of carbonyl (C=O) groups excluding carboxylic acids is 2. The van der Waals surface area contributed by atoms with E-state index in [9.17, 15) is 9.59 Å². The quantitative estimate of drug-likeness (QED) is 0.175. The fraction of sp³-hybridized carbons (Fsp3) is 0.407. The van der Waals surface area contributed by atoms with E-state index < -0.39 is 0 Å². The predicted molar refractivity (Wildman–Crippen MR) is 146 cm³/mol. The van der Waals surface area contributed by atoms with E-state index in [1.54, 1.807) is 12.1 Å². The Morgan fingerprint density at radius 1 is 1.03 bits per heavy atom. The molecule has 1 heterocycles. The summed E-state index contributed by atoms with van der Waals surface area (Å²) in [6.07, 6.45) is 7.68. The number of amides is 1. The second-order valence-electron chi connectivity index (χ2n) is 9.09. The van der Waals surface area contributed by atoms with Crippen LogP contribution in [-0.2, 0) is 11.2 Å². The van der Waals surface area contributed by atoms with Gasteiger partial charge in [0.15, 0.2) is 10.9 Å². The average molecular weight is 546 g/mol. The summed E-state index contributed by atoms with van der Waals surface area (Å²) >= 11 is 13.7. The lowest BCUT2D eigenvalue weighted by atomic mass is 9.84. The van der Waals surface area contributed by atoms with Gasteiger partial charge in [0.25, 0.3) is 0 Å². The molecule has 6 nitrogen and oxygen atoms in total. The summed E-state index contributed by atoms with van der Waals surface area (Å²) in [5.74, 6) is 1.57. The average Bonchev–Trinajstić information content (AvgIpc) is 3.30. The van der Waals surface area contributed by atoms with Gasteiger partial charge in [0.05, 0.1) is 21.5 Å². The van der Waals surface area contributed by atoms with Gasteiger partial charge in [-0.15, -0.1) is 10.2 Å². The SMILES string of the molecule is CC(=O)NCCCc1nnc(SCC(=O)c2ccc(C3CCCCC3)cc2)n1-c1ccc(Cl)c(Cl)c1. The zero-order chi connectivity index (χ0) is 25.5. The predicted octanol–water partition coefficient (Wildman–Crippen LogP) is 6.67. The van der Waals surface area contributed by atoms with Crippen molar-refractivity contribution in [2.45, 2.75) is 62.9 Å². The van der Waals surface area contributed by atoms with Gasteiger partial charge in [-0.2, -0.15) is 0 Å². The molecule has 0 saturated heterocycles.